The molecule has 1 aliphatic rings. The Bertz CT molecular complexity index is 785. The van der Waals surface area contributed by atoms with Gasteiger partial charge in [0.2, 0.25) is 5.91 Å². The van der Waals surface area contributed by atoms with Gasteiger partial charge in [0.25, 0.3) is 0 Å². The molecule has 1 N–H and O–H groups in total. The van der Waals surface area contributed by atoms with E-state index in [2.05, 4.69) is 22.3 Å². The van der Waals surface area contributed by atoms with Crippen LogP contribution in [0.25, 0.3) is 6.08 Å². The molecular formula is C21H23FN2O2. The van der Waals surface area contributed by atoms with Crippen LogP contribution in [0.15, 0.2) is 54.6 Å². The van der Waals surface area contributed by atoms with Gasteiger partial charge in [0, 0.05) is 24.9 Å². The number of benzene rings is 2. The number of hydrogen-bond acceptors (Lipinski definition) is 3. The number of rotatable bonds is 5. The lowest BCUT2D eigenvalue weighted by molar-refractivity contribution is -0.117. The minimum atomic E-state index is -0.319. The van der Waals surface area contributed by atoms with Gasteiger partial charge in [-0.3, -0.25) is 4.79 Å². The Morgan fingerprint density at radius 1 is 1.19 bits per heavy atom. The standard InChI is InChI=1S/C21H23FN2O2/c1-16(23-21(25)9-8-17-4-2-6-19(22)14-17)18-5-3-7-20(15-18)24-10-12-26-13-11-24/h2-9,14-16H,10-13H2,1H3,(H,23,25)/t16-/m0/s1. The zero-order chi connectivity index (χ0) is 18.4. The SMILES string of the molecule is C[C@H](NC(=O)C=Cc1cccc(F)c1)c1cccc(N2CCOCC2)c1. The predicted octanol–water partition coefficient (Wildman–Crippen LogP) is 3.55. The van der Waals surface area contributed by atoms with Crippen molar-refractivity contribution < 1.29 is 13.9 Å². The molecule has 1 fully saturated rings. The second-order valence-corrected chi connectivity index (χ2v) is 6.31. The lowest BCUT2D eigenvalue weighted by atomic mass is 10.1. The number of nitrogens with zero attached hydrogens (tertiary/aromatic N) is 1. The Kier molecular flexibility index (Phi) is 6.02. The van der Waals surface area contributed by atoms with E-state index in [1.165, 1.54) is 18.2 Å². The van der Waals surface area contributed by atoms with Crippen LogP contribution in [-0.4, -0.2) is 32.2 Å². The summed E-state index contributed by atoms with van der Waals surface area (Å²) in [7, 11) is 0. The van der Waals surface area contributed by atoms with Crippen LogP contribution in [-0.2, 0) is 9.53 Å². The Labute approximate surface area is 153 Å². The van der Waals surface area contributed by atoms with Crippen molar-refractivity contribution in [3.8, 4) is 0 Å². The second kappa shape index (κ2) is 8.63. The first-order chi connectivity index (χ1) is 12.6. The molecule has 0 saturated carbocycles. The van der Waals surface area contributed by atoms with Gasteiger partial charge in [-0.2, -0.15) is 0 Å². The third-order valence-electron chi connectivity index (χ3n) is 4.38. The number of halogens is 1. The highest BCUT2D eigenvalue weighted by Crippen LogP contribution is 2.21. The zero-order valence-corrected chi connectivity index (χ0v) is 14.8. The predicted molar refractivity (Wildman–Crippen MR) is 101 cm³/mol. The number of hydrogen-bond donors (Lipinski definition) is 1. The quantitative estimate of drug-likeness (QED) is 0.835. The Balaban J connectivity index is 1.62. The van der Waals surface area contributed by atoms with E-state index >= 15 is 0 Å². The molecule has 2 aromatic carbocycles. The van der Waals surface area contributed by atoms with Gasteiger partial charge in [-0.25, -0.2) is 4.39 Å². The van der Waals surface area contributed by atoms with Crippen molar-refractivity contribution >= 4 is 17.7 Å². The number of ether oxygens (including phenoxy) is 1. The van der Waals surface area contributed by atoms with Crippen molar-refractivity contribution in [2.24, 2.45) is 0 Å². The summed E-state index contributed by atoms with van der Waals surface area (Å²) >= 11 is 0. The van der Waals surface area contributed by atoms with Crippen LogP contribution in [0.5, 0.6) is 0 Å². The highest BCUT2D eigenvalue weighted by atomic mass is 19.1. The molecule has 1 aliphatic heterocycles. The zero-order valence-electron chi connectivity index (χ0n) is 14.8. The minimum Gasteiger partial charge on any atom is -0.378 e. The molecule has 1 amide bonds. The fraction of sp³-hybridized carbons (Fsp3) is 0.286. The summed E-state index contributed by atoms with van der Waals surface area (Å²) in [6.07, 6.45) is 3.03. The van der Waals surface area contributed by atoms with E-state index < -0.39 is 0 Å². The van der Waals surface area contributed by atoms with E-state index in [0.29, 0.717) is 5.56 Å². The molecule has 1 atom stereocenters. The number of morpholine rings is 1. The number of carbonyl (C=O) groups is 1. The molecular weight excluding hydrogens is 331 g/mol. The fourth-order valence-electron chi connectivity index (χ4n) is 2.94. The summed E-state index contributed by atoms with van der Waals surface area (Å²) < 4.78 is 18.6. The van der Waals surface area contributed by atoms with Crippen LogP contribution in [0.1, 0.15) is 24.1 Å². The number of nitrogens with one attached hydrogen (secondary N) is 1. The molecule has 0 bridgehead atoms. The highest BCUT2D eigenvalue weighted by Gasteiger charge is 2.13. The van der Waals surface area contributed by atoms with E-state index in [0.717, 1.165) is 37.6 Å². The van der Waals surface area contributed by atoms with Crippen molar-refractivity contribution in [1.82, 2.24) is 5.32 Å². The minimum absolute atomic E-state index is 0.124. The summed E-state index contributed by atoms with van der Waals surface area (Å²) in [6, 6.07) is 14.2. The molecule has 3 rings (SSSR count). The molecule has 26 heavy (non-hydrogen) atoms. The third kappa shape index (κ3) is 4.92. The maximum absolute atomic E-state index is 13.2. The van der Waals surface area contributed by atoms with E-state index in [1.54, 1.807) is 18.2 Å². The Morgan fingerprint density at radius 3 is 2.73 bits per heavy atom. The summed E-state index contributed by atoms with van der Waals surface area (Å²) in [4.78, 5) is 14.4. The van der Waals surface area contributed by atoms with Gasteiger partial charge >= 0.3 is 0 Å². The van der Waals surface area contributed by atoms with Crippen molar-refractivity contribution in [1.29, 1.82) is 0 Å². The molecule has 0 radical (unpaired) electrons. The summed E-state index contributed by atoms with van der Waals surface area (Å²) in [5.74, 6) is -0.528. The van der Waals surface area contributed by atoms with Gasteiger partial charge in [0.05, 0.1) is 19.3 Å². The summed E-state index contributed by atoms with van der Waals surface area (Å²) in [6.45, 7) is 5.18. The lowest BCUT2D eigenvalue weighted by Crippen LogP contribution is -2.36. The van der Waals surface area contributed by atoms with Gasteiger partial charge in [0.15, 0.2) is 0 Å². The Morgan fingerprint density at radius 2 is 1.96 bits per heavy atom. The molecule has 0 spiro atoms. The van der Waals surface area contributed by atoms with Gasteiger partial charge in [-0.05, 0) is 48.4 Å². The van der Waals surface area contributed by atoms with Crippen molar-refractivity contribution in [2.45, 2.75) is 13.0 Å². The van der Waals surface area contributed by atoms with E-state index in [9.17, 15) is 9.18 Å². The molecule has 0 aliphatic carbocycles. The largest absolute Gasteiger partial charge is 0.378 e. The van der Waals surface area contributed by atoms with E-state index in [1.807, 2.05) is 19.1 Å². The van der Waals surface area contributed by atoms with Gasteiger partial charge in [-0.1, -0.05) is 24.3 Å². The van der Waals surface area contributed by atoms with Crippen LogP contribution in [0.4, 0.5) is 10.1 Å². The summed E-state index contributed by atoms with van der Waals surface area (Å²) in [5.41, 5.74) is 2.84. The smallest absolute Gasteiger partial charge is 0.244 e. The Hall–Kier alpha value is -2.66. The average Bonchev–Trinajstić information content (AvgIpc) is 2.67. The maximum atomic E-state index is 13.2. The van der Waals surface area contributed by atoms with Gasteiger partial charge in [0.1, 0.15) is 5.82 Å². The topological polar surface area (TPSA) is 41.6 Å². The van der Waals surface area contributed by atoms with Crippen LogP contribution in [0, 0.1) is 5.82 Å². The number of anilines is 1. The molecule has 4 nitrogen and oxygen atoms in total. The fourth-order valence-corrected chi connectivity index (χ4v) is 2.94. The molecule has 1 saturated heterocycles. The normalized spacial score (nSPS) is 15.8. The lowest BCUT2D eigenvalue weighted by Gasteiger charge is -2.29. The van der Waals surface area contributed by atoms with Crippen LogP contribution in [0.3, 0.4) is 0 Å². The maximum Gasteiger partial charge on any atom is 0.244 e. The molecule has 0 aromatic heterocycles. The molecule has 136 valence electrons. The molecule has 2 aromatic rings. The average molecular weight is 354 g/mol. The van der Waals surface area contributed by atoms with Crippen LogP contribution in [0.2, 0.25) is 0 Å². The second-order valence-electron chi connectivity index (χ2n) is 6.31. The van der Waals surface area contributed by atoms with Crippen LogP contribution < -0.4 is 10.2 Å². The van der Waals surface area contributed by atoms with Gasteiger partial charge < -0.3 is 15.0 Å². The monoisotopic (exact) mass is 354 g/mol. The van der Waals surface area contributed by atoms with E-state index in [4.69, 9.17) is 4.74 Å². The molecule has 5 heteroatoms. The number of carbonyl (C=O) groups excluding carboxylic acids is 1. The van der Waals surface area contributed by atoms with Gasteiger partial charge in [-0.15, -0.1) is 0 Å². The first-order valence-corrected chi connectivity index (χ1v) is 8.78. The molecule has 1 heterocycles. The summed E-state index contributed by atoms with van der Waals surface area (Å²) in [5, 5.41) is 2.95. The molecule has 0 unspecified atom stereocenters. The highest BCUT2D eigenvalue weighted by molar-refractivity contribution is 5.92. The third-order valence-corrected chi connectivity index (χ3v) is 4.38. The number of amides is 1. The first kappa shape index (κ1) is 18.1. The van der Waals surface area contributed by atoms with Crippen molar-refractivity contribution in [3.05, 3.63) is 71.6 Å². The van der Waals surface area contributed by atoms with Crippen molar-refractivity contribution in [3.63, 3.8) is 0 Å². The van der Waals surface area contributed by atoms with E-state index in [-0.39, 0.29) is 17.8 Å². The first-order valence-electron chi connectivity index (χ1n) is 8.78. The van der Waals surface area contributed by atoms with Crippen molar-refractivity contribution in [2.75, 3.05) is 31.2 Å². The van der Waals surface area contributed by atoms with Crippen LogP contribution >= 0.6 is 0 Å².